The van der Waals surface area contributed by atoms with Gasteiger partial charge in [0.15, 0.2) is 22.3 Å². The molecular formula is C31H32N9O13S2+. The molecule has 22 nitrogen and oxygen atoms in total. The first-order valence-electron chi connectivity index (χ1n) is 16.3. The quantitative estimate of drug-likeness (QED) is 0.0268. The number of fused-ring (bicyclic) bond motifs is 5. The third-order valence-electron chi connectivity index (χ3n) is 9.72. The van der Waals surface area contributed by atoms with E-state index in [2.05, 4.69) is 26.0 Å². The zero-order chi connectivity index (χ0) is 39.9. The van der Waals surface area contributed by atoms with Crippen LogP contribution in [-0.2, 0) is 28.8 Å². The number of benzene rings is 1. The summed E-state index contributed by atoms with van der Waals surface area (Å²) >= 11 is 2.22. The first-order chi connectivity index (χ1) is 26.0. The van der Waals surface area contributed by atoms with E-state index < -0.39 is 82.6 Å². The number of nitrogens with one attached hydrogen (secondary N) is 2. The van der Waals surface area contributed by atoms with E-state index in [4.69, 9.17) is 16.3 Å². The smallest absolute Gasteiger partial charge is 0.352 e. The van der Waals surface area contributed by atoms with E-state index in [9.17, 15) is 58.9 Å². The standard InChI is InChI=1S/C31H31N9O13S2/c32-24(44)12-5-16(41)17(42)6-13(12)25(45)34-2-4-40-3-1-11(8-40)23-14(9-40)22(30(50)51)39-27(47)21(28(39)55-23)36-26(46)20(15-10-54-31(33)35-15)38-53-18(29(48)49)7-19(43)37-52/h5-6,10-11,18,21,23,28H,1-4,7-9H2,(H9-,32,33,34,35,36,37,38,41,42,43,44,45,46,48,49,50,51,52)/p+1. The zero-order valence-electron chi connectivity index (χ0n) is 28.2. The molecule has 4 aliphatic heterocycles. The lowest BCUT2D eigenvalue weighted by molar-refractivity contribution is -0.914. The number of amides is 5. The average Bonchev–Trinajstić information content (AvgIpc) is 3.72. The lowest BCUT2D eigenvalue weighted by Crippen LogP contribution is -2.72. The van der Waals surface area contributed by atoms with E-state index in [1.165, 1.54) is 17.1 Å². The molecule has 3 saturated heterocycles. The van der Waals surface area contributed by atoms with Crippen LogP contribution in [0.5, 0.6) is 11.5 Å². The Morgan fingerprint density at radius 1 is 1.13 bits per heavy atom. The van der Waals surface area contributed by atoms with Crippen molar-refractivity contribution in [1.29, 1.82) is 0 Å². The summed E-state index contributed by atoms with van der Waals surface area (Å²) < 4.78 is 0.396. The number of nitroso groups, excluding NO2 is 1. The first kappa shape index (κ1) is 38.6. The van der Waals surface area contributed by atoms with Gasteiger partial charge >= 0.3 is 11.9 Å². The molecule has 1 aromatic heterocycles. The summed E-state index contributed by atoms with van der Waals surface area (Å²) in [7, 11) is 0. The number of β-lactam (4-membered cyclic amide) rings is 1. The molecule has 0 saturated carbocycles. The maximum absolute atomic E-state index is 13.6. The highest BCUT2D eigenvalue weighted by Crippen LogP contribution is 2.52. The second-order valence-electron chi connectivity index (χ2n) is 13.1. The Labute approximate surface area is 316 Å². The molecular weight excluding hydrogens is 771 g/mol. The van der Waals surface area contributed by atoms with Gasteiger partial charge in [-0.2, -0.15) is 0 Å². The first-order valence-corrected chi connectivity index (χ1v) is 18.2. The maximum atomic E-state index is 13.6. The predicted octanol–water partition coefficient (Wildman–Crippen LogP) is -1.52. The molecule has 0 radical (unpaired) electrons. The van der Waals surface area contributed by atoms with E-state index in [0.29, 0.717) is 36.1 Å². The van der Waals surface area contributed by atoms with Crippen molar-refractivity contribution in [3.8, 4) is 11.5 Å². The van der Waals surface area contributed by atoms with Crippen molar-refractivity contribution < 1.29 is 63.3 Å². The largest absolute Gasteiger partial charge is 0.504 e. The summed E-state index contributed by atoms with van der Waals surface area (Å²) in [5.41, 5.74) is 10.1. The molecule has 5 heterocycles. The fourth-order valence-corrected chi connectivity index (χ4v) is 9.53. The predicted molar refractivity (Wildman–Crippen MR) is 188 cm³/mol. The number of aromatic hydroxyl groups is 2. The van der Waals surface area contributed by atoms with Gasteiger partial charge in [-0.1, -0.05) is 5.16 Å². The van der Waals surface area contributed by atoms with Crippen molar-refractivity contribution in [2.24, 2.45) is 22.0 Å². The van der Waals surface area contributed by atoms with Crippen LogP contribution < -0.4 is 22.1 Å². The molecule has 2 bridgehead atoms. The number of carboxylic acid groups (broad SMARTS) is 2. The van der Waals surface area contributed by atoms with E-state index in [0.717, 1.165) is 28.4 Å². The monoisotopic (exact) mass is 802 g/mol. The van der Waals surface area contributed by atoms with Crippen molar-refractivity contribution in [1.82, 2.24) is 20.5 Å². The molecule has 55 heavy (non-hydrogen) atoms. The van der Waals surface area contributed by atoms with Gasteiger partial charge in [0.05, 0.1) is 43.7 Å². The third-order valence-corrected chi connectivity index (χ3v) is 12.1. The lowest BCUT2D eigenvalue weighted by atomic mass is 9.90. The SMILES string of the molecule is NC(=O)c1cc(O)c(O)cc1C(=O)NCC[N+]12CCC(C1)C1SC3C(NC(=O)C(=NOC(CC(=O)N=O)C(=O)O)c4csc(N)n4)C(=O)N3C(C(=O)O)=C1C2. The fraction of sp³-hybridized carbons (Fsp3) is 0.387. The number of oxime groups is 1. The molecule has 290 valence electrons. The van der Waals surface area contributed by atoms with E-state index in [1.807, 2.05) is 0 Å². The summed E-state index contributed by atoms with van der Waals surface area (Å²) in [5, 5.41) is 50.5. The van der Waals surface area contributed by atoms with E-state index in [1.54, 1.807) is 0 Å². The number of nitrogen functional groups attached to an aromatic ring is 1. The highest BCUT2D eigenvalue weighted by atomic mass is 32.2. The molecule has 5 amide bonds. The van der Waals surface area contributed by atoms with Crippen LogP contribution in [0.1, 0.15) is 39.3 Å². The number of hydrogen-bond acceptors (Lipinski definition) is 16. The van der Waals surface area contributed by atoms with Crippen LogP contribution in [-0.4, -0.2) is 137 Å². The van der Waals surface area contributed by atoms with Gasteiger partial charge in [-0.25, -0.2) is 14.6 Å². The van der Waals surface area contributed by atoms with Gasteiger partial charge in [0.2, 0.25) is 12.0 Å². The van der Waals surface area contributed by atoms with E-state index in [-0.39, 0.29) is 51.9 Å². The Morgan fingerprint density at radius 2 is 1.84 bits per heavy atom. The number of carboxylic acids is 2. The molecule has 0 aliphatic carbocycles. The third kappa shape index (κ3) is 7.37. The number of carbonyl (C=O) groups is 7. The van der Waals surface area contributed by atoms with Crippen LogP contribution in [0.3, 0.4) is 0 Å². The topological polar surface area (TPSA) is 344 Å². The number of piperidine rings is 1. The number of rotatable bonds is 14. The van der Waals surface area contributed by atoms with Crippen LogP contribution in [0.2, 0.25) is 0 Å². The van der Waals surface area contributed by atoms with Gasteiger partial charge in [0.25, 0.3) is 23.6 Å². The number of anilines is 1. The molecule has 6 atom stereocenters. The van der Waals surface area contributed by atoms with Crippen molar-refractivity contribution in [3.63, 3.8) is 0 Å². The van der Waals surface area contributed by atoms with Crippen molar-refractivity contribution in [2.75, 3.05) is 38.5 Å². The Balaban J connectivity index is 1.18. The minimum atomic E-state index is -2.00. The molecule has 24 heteroatoms. The molecule has 6 rings (SSSR count). The summed E-state index contributed by atoms with van der Waals surface area (Å²) in [4.78, 5) is 108. The van der Waals surface area contributed by atoms with Crippen LogP contribution in [0, 0.1) is 10.8 Å². The van der Waals surface area contributed by atoms with Gasteiger partial charge in [-0.05, 0) is 12.1 Å². The molecule has 0 spiro atoms. The summed E-state index contributed by atoms with van der Waals surface area (Å²) in [6.07, 6.45) is -2.30. The van der Waals surface area contributed by atoms with E-state index >= 15 is 0 Å². The van der Waals surface area contributed by atoms with Crippen molar-refractivity contribution in [2.45, 2.75) is 35.6 Å². The van der Waals surface area contributed by atoms with Crippen molar-refractivity contribution in [3.05, 3.63) is 50.5 Å². The number of nitrogens with two attached hydrogens (primary N) is 2. The Kier molecular flexibility index (Phi) is 10.5. The van der Waals surface area contributed by atoms with Gasteiger partial charge in [0, 0.05) is 33.7 Å². The van der Waals surface area contributed by atoms with Crippen LogP contribution in [0.4, 0.5) is 5.13 Å². The minimum Gasteiger partial charge on any atom is -0.504 e. The summed E-state index contributed by atoms with van der Waals surface area (Å²) in [6, 6.07) is 0.577. The second kappa shape index (κ2) is 14.9. The van der Waals surface area contributed by atoms with Gasteiger partial charge < -0.3 is 51.8 Å². The number of aliphatic carboxylic acids is 2. The molecule has 6 unspecified atom stereocenters. The Bertz CT molecular complexity index is 2110. The molecule has 1 aromatic carbocycles. The minimum absolute atomic E-state index is 0.00341. The Morgan fingerprint density at radius 3 is 2.45 bits per heavy atom. The number of hydrogen-bond donors (Lipinski definition) is 8. The fourth-order valence-electron chi connectivity index (χ4n) is 7.21. The molecule has 4 aliphatic rings. The van der Waals surface area contributed by atoms with Crippen molar-refractivity contribution >= 4 is 75.4 Å². The van der Waals surface area contributed by atoms with Gasteiger partial charge in [0.1, 0.15) is 29.4 Å². The van der Waals surface area contributed by atoms with Gasteiger partial charge in [-0.3, -0.25) is 28.9 Å². The number of thiazole rings is 1. The maximum Gasteiger partial charge on any atom is 0.352 e. The highest BCUT2D eigenvalue weighted by Gasteiger charge is 2.61. The number of nitrogens with zero attached hydrogens (tertiary/aromatic N) is 5. The van der Waals surface area contributed by atoms with Crippen LogP contribution in [0.15, 0.2) is 39.1 Å². The highest BCUT2D eigenvalue weighted by molar-refractivity contribution is 8.01. The molecule has 10 N–H and O–H groups in total. The number of carbonyl (C=O) groups excluding carboxylic acids is 5. The van der Waals surface area contributed by atoms with Gasteiger partial charge in [-0.15, -0.1) is 28.0 Å². The summed E-state index contributed by atoms with van der Waals surface area (Å²) in [5.74, 6) is -9.17. The van der Waals surface area contributed by atoms with Crippen LogP contribution in [0.25, 0.3) is 0 Å². The second-order valence-corrected chi connectivity index (χ2v) is 15.3. The number of phenolic OH excluding ortho intramolecular Hbond substituents is 2. The normalized spacial score (nSPS) is 24.5. The number of quaternary nitrogens is 1. The molecule has 2 aromatic rings. The average molecular weight is 803 g/mol. The summed E-state index contributed by atoms with van der Waals surface area (Å²) in [6.45, 7) is 1.93. The molecule has 3 fully saturated rings. The van der Waals surface area contributed by atoms with Crippen LogP contribution >= 0.6 is 23.1 Å². The number of phenols is 2. The lowest BCUT2D eigenvalue weighted by Gasteiger charge is -2.54. The number of aromatic nitrogens is 1. The number of thioether (sulfide) groups is 1. The zero-order valence-corrected chi connectivity index (χ0v) is 29.9. The number of primary amides is 1. The Hall–Kier alpha value is -6.14.